The second kappa shape index (κ2) is 15.0. The Hall–Kier alpha value is -7.82. The third-order valence-corrected chi connectivity index (χ3v) is 12.8. The smallest absolute Gasteiger partial charge is 0.160 e. The highest BCUT2D eigenvalue weighted by Crippen LogP contribution is 2.48. The number of hydrogen-bond donors (Lipinski definition) is 0. The summed E-state index contributed by atoms with van der Waals surface area (Å²) in [6.07, 6.45) is 15.7. The molecule has 3 aliphatic rings. The van der Waals surface area contributed by atoms with Crippen LogP contribution < -0.4 is 4.90 Å². The lowest BCUT2D eigenvalue weighted by molar-refractivity contribution is 0.745. The molecule has 62 heavy (non-hydrogen) atoms. The summed E-state index contributed by atoms with van der Waals surface area (Å²) in [5.74, 6) is 1.05. The van der Waals surface area contributed by atoms with Gasteiger partial charge in [0.25, 0.3) is 0 Å². The molecule has 294 valence electrons. The molecule has 4 nitrogen and oxygen atoms in total. The summed E-state index contributed by atoms with van der Waals surface area (Å²) in [6.45, 7) is 0. The molecule has 2 aliphatic carbocycles. The van der Waals surface area contributed by atoms with Gasteiger partial charge in [0, 0.05) is 56.3 Å². The fourth-order valence-corrected chi connectivity index (χ4v) is 9.85. The zero-order chi connectivity index (χ0) is 41.0. The summed E-state index contributed by atoms with van der Waals surface area (Å²) in [4.78, 5) is 12.9. The molecule has 4 heteroatoms. The van der Waals surface area contributed by atoms with Gasteiger partial charge in [0.2, 0.25) is 0 Å². The Morgan fingerprint density at radius 2 is 1.10 bits per heavy atom. The summed E-state index contributed by atoms with van der Waals surface area (Å²) in [5, 5.41) is 1.31. The van der Waals surface area contributed by atoms with Crippen molar-refractivity contribution in [2.45, 2.75) is 24.8 Å². The molecule has 3 heterocycles. The number of benzene rings is 7. The molecule has 2 atom stereocenters. The van der Waals surface area contributed by atoms with Crippen LogP contribution in [-0.4, -0.2) is 20.6 Å². The number of nitrogens with zero attached hydrogens (tertiary/aromatic N) is 4. The molecular weight excluding hydrogens is 753 g/mol. The van der Waals surface area contributed by atoms with Gasteiger partial charge >= 0.3 is 0 Å². The average molecular weight is 795 g/mol. The number of anilines is 2. The molecule has 0 radical (unpaired) electrons. The molecule has 0 saturated heterocycles. The quantitative estimate of drug-likeness (QED) is 0.161. The van der Waals surface area contributed by atoms with Crippen molar-refractivity contribution in [1.29, 1.82) is 0 Å². The number of allylic oxidation sites excluding steroid dienone is 3. The monoisotopic (exact) mass is 794 g/mol. The topological polar surface area (TPSA) is 34.0 Å². The maximum atomic E-state index is 5.27. The van der Waals surface area contributed by atoms with Crippen LogP contribution >= 0.6 is 0 Å². The predicted molar refractivity (Wildman–Crippen MR) is 257 cm³/mol. The van der Waals surface area contributed by atoms with Crippen LogP contribution in [-0.2, 0) is 6.42 Å². The average Bonchev–Trinajstić information content (AvgIpc) is 3.87. The van der Waals surface area contributed by atoms with Gasteiger partial charge in [-0.2, -0.15) is 0 Å². The first-order chi connectivity index (χ1) is 30.7. The molecule has 0 fully saturated rings. The maximum absolute atomic E-state index is 5.27. The summed E-state index contributed by atoms with van der Waals surface area (Å²) < 4.78 is 2.46. The third-order valence-electron chi connectivity index (χ3n) is 12.8. The van der Waals surface area contributed by atoms with Crippen molar-refractivity contribution in [3.05, 3.63) is 229 Å². The Labute approximate surface area is 362 Å². The van der Waals surface area contributed by atoms with Crippen molar-refractivity contribution in [2.24, 2.45) is 0 Å². The minimum atomic E-state index is 0.253. The van der Waals surface area contributed by atoms with Crippen molar-refractivity contribution in [3.63, 3.8) is 0 Å². The molecule has 0 bridgehead atoms. The number of fused-ring (bicyclic) bond motifs is 6. The first-order valence-corrected chi connectivity index (χ1v) is 21.6. The van der Waals surface area contributed by atoms with E-state index in [1.165, 1.54) is 44.8 Å². The van der Waals surface area contributed by atoms with Gasteiger partial charge in [-0.05, 0) is 101 Å². The first-order valence-electron chi connectivity index (χ1n) is 21.6. The second-order valence-electron chi connectivity index (χ2n) is 16.5. The van der Waals surface area contributed by atoms with Gasteiger partial charge in [0.15, 0.2) is 5.82 Å². The lowest BCUT2D eigenvalue weighted by Gasteiger charge is -2.28. The molecule has 0 amide bonds. The van der Waals surface area contributed by atoms with E-state index in [1.54, 1.807) is 0 Å². The highest BCUT2D eigenvalue weighted by atomic mass is 15.2. The summed E-state index contributed by atoms with van der Waals surface area (Å²) in [7, 11) is 0. The molecular formula is C58H42N4. The van der Waals surface area contributed by atoms with Crippen LogP contribution in [0.25, 0.3) is 78.8 Å². The molecule has 0 N–H and O–H groups in total. The van der Waals surface area contributed by atoms with E-state index in [-0.39, 0.29) is 6.04 Å². The minimum Gasteiger partial charge on any atom is -0.333 e. The van der Waals surface area contributed by atoms with E-state index < -0.39 is 0 Å². The van der Waals surface area contributed by atoms with Crippen molar-refractivity contribution >= 4 is 28.4 Å². The van der Waals surface area contributed by atoms with Crippen molar-refractivity contribution in [3.8, 4) is 61.8 Å². The van der Waals surface area contributed by atoms with Gasteiger partial charge < -0.3 is 9.47 Å². The maximum Gasteiger partial charge on any atom is 0.160 e. The van der Waals surface area contributed by atoms with Crippen LogP contribution in [0.5, 0.6) is 0 Å². The second-order valence-corrected chi connectivity index (χ2v) is 16.5. The van der Waals surface area contributed by atoms with E-state index >= 15 is 0 Å². The number of aromatic nitrogens is 3. The van der Waals surface area contributed by atoms with E-state index in [2.05, 4.69) is 204 Å². The predicted octanol–water partition coefficient (Wildman–Crippen LogP) is 14.4. The van der Waals surface area contributed by atoms with Crippen LogP contribution in [0.2, 0.25) is 0 Å². The lowest BCUT2D eigenvalue weighted by atomic mass is 9.91. The van der Waals surface area contributed by atoms with Crippen LogP contribution in [0.15, 0.2) is 212 Å². The Balaban J connectivity index is 0.990. The van der Waals surface area contributed by atoms with E-state index in [4.69, 9.17) is 9.97 Å². The van der Waals surface area contributed by atoms with Gasteiger partial charge in [-0.25, -0.2) is 9.97 Å². The molecule has 0 saturated carbocycles. The van der Waals surface area contributed by atoms with Crippen LogP contribution in [0.1, 0.15) is 29.2 Å². The summed E-state index contributed by atoms with van der Waals surface area (Å²) in [6, 6.07) is 65.9. The Morgan fingerprint density at radius 1 is 0.484 bits per heavy atom. The summed E-state index contributed by atoms with van der Waals surface area (Å²) >= 11 is 0. The molecule has 2 unspecified atom stereocenters. The minimum absolute atomic E-state index is 0.253. The zero-order valence-electron chi connectivity index (χ0n) is 34.1. The van der Waals surface area contributed by atoms with E-state index in [0.29, 0.717) is 11.7 Å². The van der Waals surface area contributed by atoms with Crippen molar-refractivity contribution in [1.82, 2.24) is 14.5 Å². The largest absolute Gasteiger partial charge is 0.333 e. The first kappa shape index (κ1) is 36.1. The Bertz CT molecular complexity index is 3170. The van der Waals surface area contributed by atoms with Crippen LogP contribution in [0.3, 0.4) is 0 Å². The van der Waals surface area contributed by atoms with E-state index in [9.17, 15) is 0 Å². The van der Waals surface area contributed by atoms with Gasteiger partial charge in [-0.3, -0.25) is 0 Å². The van der Waals surface area contributed by atoms with Gasteiger partial charge in [-0.15, -0.1) is 0 Å². The molecule has 9 aromatic rings. The van der Waals surface area contributed by atoms with Gasteiger partial charge in [0.1, 0.15) is 0 Å². The molecule has 2 aromatic heterocycles. The fraction of sp³-hybridized carbons (Fsp3) is 0.0690. The molecule has 12 rings (SSSR count). The highest BCUT2D eigenvalue weighted by molar-refractivity contribution is 5.93. The van der Waals surface area contributed by atoms with Crippen LogP contribution in [0, 0.1) is 0 Å². The van der Waals surface area contributed by atoms with Crippen molar-refractivity contribution in [2.75, 3.05) is 4.90 Å². The molecule has 0 spiro atoms. The number of rotatable bonds is 7. The Morgan fingerprint density at radius 3 is 1.85 bits per heavy atom. The van der Waals surface area contributed by atoms with Crippen LogP contribution in [0.4, 0.5) is 11.4 Å². The Kier molecular flexibility index (Phi) is 8.74. The molecule has 1 aliphatic heterocycles. The molecule has 7 aromatic carbocycles. The highest BCUT2D eigenvalue weighted by Gasteiger charge is 2.37. The third kappa shape index (κ3) is 6.22. The lowest BCUT2D eigenvalue weighted by Crippen LogP contribution is -2.28. The number of hydrogen-bond acceptors (Lipinski definition) is 3. The van der Waals surface area contributed by atoms with Gasteiger partial charge in [0.05, 0.1) is 22.9 Å². The van der Waals surface area contributed by atoms with E-state index in [0.717, 1.165) is 63.2 Å². The fourth-order valence-electron chi connectivity index (χ4n) is 9.85. The normalized spacial score (nSPS) is 16.0. The number of para-hydroxylation sites is 2. The van der Waals surface area contributed by atoms with E-state index in [1.807, 2.05) is 24.3 Å². The summed E-state index contributed by atoms with van der Waals surface area (Å²) in [5.41, 5.74) is 18.4. The SMILES string of the molecule is C1=CC2c3ccccc3N(c3ccc(-c4cc(-c5ccc(-n6c7c(c8ccccc86)C=CCC7)cc5)cc(-c5cc(-c6ccccc6)nc(-c6ccccc6)n5)c4)cc3)C2C=C1. The van der Waals surface area contributed by atoms with Crippen molar-refractivity contribution < 1.29 is 0 Å². The standard InChI is InChI=1S/C58H42N4/c1-3-15-41(16-4-1)52-38-53(60-58(59-52)42-17-5-2-6-18-42)45-36-43(39-27-31-46(32-28-39)61-54-23-11-7-19-48(54)49-20-8-12-24-55(49)61)35-44(37-45)40-29-33-47(34-30-40)62-56-25-13-9-21-50(56)51-22-10-14-26-57(51)62/h1-13,15-25,27-38,48,54H,14,26H2. The van der Waals surface area contributed by atoms with Gasteiger partial charge in [-0.1, -0.05) is 158 Å². The zero-order valence-corrected chi connectivity index (χ0v) is 34.1.